The Morgan fingerprint density at radius 1 is 0.826 bits per heavy atom. The topological polar surface area (TPSA) is 128 Å². The lowest BCUT2D eigenvalue weighted by molar-refractivity contribution is 0.0373. The van der Waals surface area contributed by atoms with Gasteiger partial charge in [0.25, 0.3) is 0 Å². The van der Waals surface area contributed by atoms with Gasteiger partial charge in [0.1, 0.15) is 11.4 Å². The number of hydrogen-bond acceptors (Lipinski definition) is 5. The summed E-state index contributed by atoms with van der Waals surface area (Å²) in [6.45, 7) is 0. The van der Waals surface area contributed by atoms with Crippen molar-refractivity contribution in [1.29, 1.82) is 0 Å². The fourth-order valence-electron chi connectivity index (χ4n) is 2.09. The quantitative estimate of drug-likeness (QED) is 0.628. The van der Waals surface area contributed by atoms with Crippen molar-refractivity contribution in [2.24, 2.45) is 14.1 Å². The van der Waals surface area contributed by atoms with Crippen LogP contribution in [0.1, 0.15) is 41.7 Å². The molecule has 0 unspecified atom stereocenters. The number of aryl methyl sites for hydroxylation is 2. The molecule has 9 nitrogen and oxygen atoms in total. The number of hydrogen-bond donors (Lipinski definition) is 2. The Morgan fingerprint density at radius 2 is 1.17 bits per heavy atom. The lowest BCUT2D eigenvalue weighted by Crippen LogP contribution is -2.21. The minimum Gasteiger partial charge on any atom is -0.478 e. The molecular formula is C14H12N2O7. The van der Waals surface area contributed by atoms with Crippen molar-refractivity contribution in [1.82, 2.24) is 9.13 Å². The maximum absolute atomic E-state index is 12.1. The van der Waals surface area contributed by atoms with E-state index in [-0.39, 0.29) is 22.5 Å². The van der Waals surface area contributed by atoms with Gasteiger partial charge >= 0.3 is 23.9 Å². The highest BCUT2D eigenvalue weighted by Crippen LogP contribution is 2.15. The zero-order valence-corrected chi connectivity index (χ0v) is 12.1. The first kappa shape index (κ1) is 16.0. The van der Waals surface area contributed by atoms with Crippen molar-refractivity contribution in [3.63, 3.8) is 0 Å². The molecule has 120 valence electrons. The minimum atomic E-state index is -1.35. The fraction of sp³-hybridized carbons (Fsp3) is 0.143. The highest BCUT2D eigenvalue weighted by atomic mass is 16.6. The van der Waals surface area contributed by atoms with Crippen LogP contribution >= 0.6 is 0 Å². The summed E-state index contributed by atoms with van der Waals surface area (Å²) in [7, 11) is 2.83. The third-order valence-corrected chi connectivity index (χ3v) is 3.18. The zero-order valence-electron chi connectivity index (χ0n) is 12.1. The average molecular weight is 320 g/mol. The van der Waals surface area contributed by atoms with Gasteiger partial charge in [-0.15, -0.1) is 0 Å². The van der Waals surface area contributed by atoms with E-state index in [4.69, 9.17) is 10.2 Å². The van der Waals surface area contributed by atoms with Gasteiger partial charge in [-0.3, -0.25) is 0 Å². The van der Waals surface area contributed by atoms with Crippen molar-refractivity contribution in [2.45, 2.75) is 0 Å². The van der Waals surface area contributed by atoms with E-state index in [0.29, 0.717) is 0 Å². The molecule has 0 spiro atoms. The second-order valence-corrected chi connectivity index (χ2v) is 4.67. The first-order chi connectivity index (χ1) is 10.7. The minimum absolute atomic E-state index is 0.322. The van der Waals surface area contributed by atoms with Gasteiger partial charge in [-0.2, -0.15) is 0 Å². The predicted octanol–water partition coefficient (Wildman–Crippen LogP) is 0.757. The summed E-state index contributed by atoms with van der Waals surface area (Å²) in [4.78, 5) is 46.3. The Balaban J connectivity index is 2.34. The van der Waals surface area contributed by atoms with E-state index in [0.717, 1.165) is 0 Å². The lowest BCUT2D eigenvalue weighted by atomic mass is 10.2. The molecule has 0 fully saturated rings. The summed E-state index contributed by atoms with van der Waals surface area (Å²) in [6, 6.07) is 2.38. The summed E-state index contributed by atoms with van der Waals surface area (Å²) in [5, 5.41) is 18.0. The Labute approximate surface area is 129 Å². The number of aromatic carboxylic acids is 2. The van der Waals surface area contributed by atoms with Crippen LogP contribution in [0.2, 0.25) is 0 Å². The Kier molecular flexibility index (Phi) is 4.04. The van der Waals surface area contributed by atoms with Crippen LogP contribution in [0.3, 0.4) is 0 Å². The Bertz CT molecular complexity index is 760. The monoisotopic (exact) mass is 320 g/mol. The maximum Gasteiger partial charge on any atom is 0.363 e. The van der Waals surface area contributed by atoms with E-state index < -0.39 is 23.9 Å². The highest BCUT2D eigenvalue weighted by Gasteiger charge is 2.28. The van der Waals surface area contributed by atoms with Crippen LogP contribution in [0.15, 0.2) is 24.5 Å². The third-order valence-electron chi connectivity index (χ3n) is 3.18. The second-order valence-electron chi connectivity index (χ2n) is 4.67. The first-order valence-corrected chi connectivity index (χ1v) is 6.27. The van der Waals surface area contributed by atoms with E-state index >= 15 is 0 Å². The van der Waals surface area contributed by atoms with Crippen LogP contribution in [-0.4, -0.2) is 43.2 Å². The summed E-state index contributed by atoms with van der Waals surface area (Å²) in [6.07, 6.45) is 2.66. The van der Waals surface area contributed by atoms with E-state index in [2.05, 4.69) is 4.74 Å². The molecule has 0 aromatic carbocycles. The molecular weight excluding hydrogens is 308 g/mol. The van der Waals surface area contributed by atoms with Gasteiger partial charge in [-0.1, -0.05) is 0 Å². The number of aromatic nitrogens is 2. The largest absolute Gasteiger partial charge is 0.478 e. The van der Waals surface area contributed by atoms with Crippen LogP contribution < -0.4 is 0 Å². The van der Waals surface area contributed by atoms with E-state index in [1.807, 2.05) is 0 Å². The van der Waals surface area contributed by atoms with Gasteiger partial charge < -0.3 is 24.1 Å². The van der Waals surface area contributed by atoms with E-state index in [1.165, 1.54) is 47.8 Å². The van der Waals surface area contributed by atoms with Crippen LogP contribution in [-0.2, 0) is 18.8 Å². The molecule has 0 aliphatic rings. The summed E-state index contributed by atoms with van der Waals surface area (Å²) < 4.78 is 7.03. The molecule has 0 aliphatic heterocycles. The van der Waals surface area contributed by atoms with Crippen LogP contribution in [0.25, 0.3) is 0 Å². The van der Waals surface area contributed by atoms with Crippen molar-refractivity contribution < 1.29 is 34.1 Å². The number of carboxylic acid groups (broad SMARTS) is 2. The molecule has 2 heterocycles. The van der Waals surface area contributed by atoms with Crippen LogP contribution in [0.4, 0.5) is 0 Å². The first-order valence-electron chi connectivity index (χ1n) is 6.27. The molecule has 2 aromatic rings. The Hall–Kier alpha value is -3.36. The number of carbonyl (C=O) groups excluding carboxylic acids is 2. The molecule has 2 aromatic heterocycles. The SMILES string of the molecule is Cn1ccc(C(=O)O)c1C(=O)OC(=O)c1c(C(=O)O)ccn1C. The standard InChI is InChI=1S/C14H12N2O7/c1-15-5-3-7(11(17)18)9(15)13(21)23-14(22)10-8(12(19)20)4-6-16(10)2/h3-6H,1-2H3,(H,17,18)(H,19,20). The Morgan fingerprint density at radius 3 is 1.48 bits per heavy atom. The highest BCUT2D eigenvalue weighted by molar-refractivity contribution is 6.09. The summed E-state index contributed by atoms with van der Waals surface area (Å²) in [5.74, 6) is -5.07. The molecule has 0 saturated heterocycles. The number of nitrogens with zero attached hydrogens (tertiary/aromatic N) is 2. The van der Waals surface area contributed by atoms with Crippen molar-refractivity contribution in [2.75, 3.05) is 0 Å². The zero-order chi connectivity index (χ0) is 17.3. The molecule has 2 rings (SSSR count). The normalized spacial score (nSPS) is 10.3. The van der Waals surface area contributed by atoms with Gasteiger partial charge in [0.15, 0.2) is 0 Å². The molecule has 0 amide bonds. The lowest BCUT2D eigenvalue weighted by Gasteiger charge is -2.07. The van der Waals surface area contributed by atoms with Crippen LogP contribution in [0.5, 0.6) is 0 Å². The van der Waals surface area contributed by atoms with Gasteiger partial charge in [0.2, 0.25) is 0 Å². The molecule has 0 atom stereocenters. The number of carboxylic acids is 2. The number of ether oxygens (including phenoxy) is 1. The summed E-state index contributed by atoms with van der Waals surface area (Å²) >= 11 is 0. The van der Waals surface area contributed by atoms with Gasteiger partial charge in [0, 0.05) is 26.5 Å². The number of esters is 2. The van der Waals surface area contributed by atoms with Gasteiger partial charge in [-0.25, -0.2) is 19.2 Å². The molecule has 0 bridgehead atoms. The molecule has 9 heteroatoms. The van der Waals surface area contributed by atoms with Crippen molar-refractivity contribution in [3.05, 3.63) is 47.0 Å². The molecule has 0 saturated carbocycles. The smallest absolute Gasteiger partial charge is 0.363 e. The van der Waals surface area contributed by atoms with E-state index in [1.54, 1.807) is 0 Å². The van der Waals surface area contributed by atoms with E-state index in [9.17, 15) is 19.2 Å². The van der Waals surface area contributed by atoms with Crippen LogP contribution in [0, 0.1) is 0 Å². The number of rotatable bonds is 4. The molecule has 0 aliphatic carbocycles. The molecule has 2 N–H and O–H groups in total. The average Bonchev–Trinajstić information content (AvgIpc) is 3.01. The molecule has 23 heavy (non-hydrogen) atoms. The maximum atomic E-state index is 12.1. The van der Waals surface area contributed by atoms with Gasteiger partial charge in [0.05, 0.1) is 11.1 Å². The van der Waals surface area contributed by atoms with Gasteiger partial charge in [-0.05, 0) is 12.1 Å². The fourth-order valence-corrected chi connectivity index (χ4v) is 2.09. The molecule has 0 radical (unpaired) electrons. The second kappa shape index (κ2) is 5.79. The predicted molar refractivity (Wildman–Crippen MR) is 74.5 cm³/mol. The van der Waals surface area contributed by atoms with Crippen molar-refractivity contribution >= 4 is 23.9 Å². The van der Waals surface area contributed by atoms with Crippen molar-refractivity contribution in [3.8, 4) is 0 Å². The summed E-state index contributed by atoms with van der Waals surface area (Å²) in [5.41, 5.74) is -1.29. The number of carbonyl (C=O) groups is 4. The third kappa shape index (κ3) is 2.84.